The van der Waals surface area contributed by atoms with Gasteiger partial charge in [-0.05, 0) is 133 Å². The zero-order valence-corrected chi connectivity index (χ0v) is 89.9. The quantitative estimate of drug-likeness (QED) is 0.0630. The largest absolute Gasteiger partial charge is 0.172 e. The summed E-state index contributed by atoms with van der Waals surface area (Å²) in [7, 11) is -4.67. The van der Waals surface area contributed by atoms with Gasteiger partial charge in [0.1, 0.15) is 0 Å². The van der Waals surface area contributed by atoms with E-state index < -0.39 is 31.7 Å². The molecule has 10 aromatic carbocycles. The molecule has 0 aromatic heterocycles. The summed E-state index contributed by atoms with van der Waals surface area (Å²) >= 11 is 0. The number of rotatable bonds is 17. The van der Waals surface area contributed by atoms with Crippen molar-refractivity contribution in [3.63, 3.8) is 0 Å². The van der Waals surface area contributed by atoms with Crippen LogP contribution < -0.4 is 42.4 Å². The van der Waals surface area contributed by atoms with Crippen LogP contribution in [0.4, 0.5) is 0 Å². The van der Waals surface area contributed by atoms with Crippen LogP contribution in [0.2, 0.25) is 0 Å². The molecule has 0 nitrogen and oxygen atoms in total. The first kappa shape index (κ1) is 97.2. The molecule has 0 unspecified atom stereocenters. The molecule has 0 aliphatic carbocycles. The summed E-state index contributed by atoms with van der Waals surface area (Å²) < 4.78 is 0. The summed E-state index contributed by atoms with van der Waals surface area (Å²) in [6.07, 6.45) is 3.26. The smallest absolute Gasteiger partial charge is 0 e. The van der Waals surface area contributed by atoms with Crippen LogP contribution in [-0.4, -0.2) is 0 Å². The minimum absolute atomic E-state index is 0. The van der Waals surface area contributed by atoms with Crippen LogP contribution in [0.3, 0.4) is 0 Å². The van der Waals surface area contributed by atoms with E-state index in [0.717, 1.165) is 24.6 Å². The normalized spacial score (nSPS) is 11.5. The number of benzene rings is 10. The molecule has 10 rings (SSSR count). The summed E-state index contributed by atoms with van der Waals surface area (Å²) in [5, 5.41) is 10.8. The minimum Gasteiger partial charge on any atom is -0.172 e. The minimum atomic E-state index is -1.17. The van der Waals surface area contributed by atoms with Crippen molar-refractivity contribution in [3.05, 3.63) is 282 Å². The molecule has 8 heteroatoms. The van der Waals surface area contributed by atoms with Crippen molar-refractivity contribution >= 4 is 74.1 Å². The van der Waals surface area contributed by atoms with E-state index >= 15 is 0 Å². The van der Waals surface area contributed by atoms with Gasteiger partial charge in [0.15, 0.2) is 0 Å². The van der Waals surface area contributed by atoms with E-state index in [1.807, 2.05) is 0 Å². The predicted molar refractivity (Wildman–Crippen MR) is 474 cm³/mol. The van der Waals surface area contributed by atoms with Gasteiger partial charge in [-0.2, -0.15) is 182 Å². The Balaban J connectivity index is 0.00000472. The molecule has 0 aliphatic heterocycles. The van der Waals surface area contributed by atoms with Crippen LogP contribution in [0.15, 0.2) is 0 Å². The fourth-order valence-electron chi connectivity index (χ4n) is 16.7. The second-order valence-electron chi connectivity index (χ2n) is 32.5. The van der Waals surface area contributed by atoms with Crippen molar-refractivity contribution < 1.29 is 131 Å². The second-order valence-corrected chi connectivity index (χ2v) is 40.8. The zero-order chi connectivity index (χ0) is 78.8. The first-order chi connectivity index (χ1) is 49.4. The van der Waals surface area contributed by atoms with E-state index in [2.05, 4.69) is 312 Å². The Bertz CT molecular complexity index is 4440. The Morgan fingerprint density at radius 3 is 0.345 bits per heavy atom. The van der Waals surface area contributed by atoms with Crippen molar-refractivity contribution in [3.8, 4) is 11.1 Å². The molecule has 0 amide bonds. The monoisotopic (exact) mass is 1830 g/mol. The Morgan fingerprint density at radius 2 is 0.236 bits per heavy atom. The standard InChI is InChI=1S/C102H122P4.4Y/c1-51-39-93(81(31)67(17)59(51)9)103(94-40-52(2)60(10)68(18)82(94)32)47-89-77(27)75(25)78(28)90(48-104(95-41-53(3)61(11)69(19)83(95)33)96-42-54(4)62(12)70(20)84(96)34)101(89)102-91(49-105(97-43-55(5)63(13)71(21)85(97)35)98-44-56(6)64(14)72(22)86(98)36)79(29)76(26)80(30)92(102)50-106(99-45-57(7)65(15)73(23)87(99)37)100-46-58(8)66(16)74(24)88(100)38;;;;/h47-50H2,1-38H3;;;;/q-8;;;;. The van der Waals surface area contributed by atoms with Gasteiger partial charge in [-0.1, -0.05) is 253 Å². The van der Waals surface area contributed by atoms with E-state index in [1.54, 1.807) is 0 Å². The van der Waals surface area contributed by atoms with Crippen LogP contribution in [0.1, 0.15) is 234 Å². The van der Waals surface area contributed by atoms with Crippen LogP contribution in [0, 0.1) is 312 Å². The van der Waals surface area contributed by atoms with Gasteiger partial charge in [0, 0.05) is 131 Å². The Morgan fingerprint density at radius 1 is 0.136 bits per heavy atom. The topological polar surface area (TPSA) is 0 Å². The fourth-order valence-corrected chi connectivity index (χ4v) is 28.7. The molecule has 0 saturated carbocycles. The van der Waals surface area contributed by atoms with Crippen LogP contribution in [0.5, 0.6) is 0 Å². The van der Waals surface area contributed by atoms with Gasteiger partial charge in [-0.3, -0.25) is 0 Å². The molecule has 0 saturated heterocycles. The molecular weight excluding hydrogens is 1700 g/mol. The van der Waals surface area contributed by atoms with E-state index in [4.69, 9.17) is 0 Å². The van der Waals surface area contributed by atoms with Gasteiger partial charge >= 0.3 is 0 Å². The van der Waals surface area contributed by atoms with Crippen molar-refractivity contribution in [2.75, 3.05) is 0 Å². The van der Waals surface area contributed by atoms with Crippen molar-refractivity contribution in [2.24, 2.45) is 0 Å². The molecule has 110 heavy (non-hydrogen) atoms. The third-order valence-corrected chi connectivity index (χ3v) is 38.2. The SMILES string of the molecule is Cc1[c-]c(P(Cc2c(C)c(C)c(C)c(CP(c3[c-]c(C)c(C)c(C)c3C)c3[c-]c(C)c(C)c(C)c3C)c2-c2c(CP(c3[c-]c(C)c(C)c(C)c3C)c3[c-]c(C)c(C)c(C)c3C)c(C)c(C)c(C)c2CP(c2[c-]c(C)c(C)c(C)c2C)c2[c-]c(C)c(C)c(C)c2C)c2[c-]c(C)c(C)c(C)c2C)c(C)c(C)c1C.[Y].[Y].[Y].[Y]. The third-order valence-electron chi connectivity index (χ3n) is 27.7. The average molecular weight is 1830 g/mol. The summed E-state index contributed by atoms with van der Waals surface area (Å²) in [6, 6.07) is 34.1. The molecule has 4 radical (unpaired) electrons. The molecule has 0 bridgehead atoms. The van der Waals surface area contributed by atoms with E-state index in [9.17, 15) is 0 Å². The first-order valence-corrected chi connectivity index (χ1v) is 44.8. The van der Waals surface area contributed by atoms with Crippen molar-refractivity contribution in [1.29, 1.82) is 0 Å². The maximum atomic E-state index is 4.26. The second kappa shape index (κ2) is 38.2. The van der Waals surface area contributed by atoms with Gasteiger partial charge < -0.3 is 0 Å². The summed E-state index contributed by atoms with van der Waals surface area (Å²) in [6.45, 7) is 90.1. The predicted octanol–water partition coefficient (Wildman–Crippen LogP) is 24.0. The van der Waals surface area contributed by atoms with Gasteiger partial charge in [0.2, 0.25) is 0 Å². The maximum Gasteiger partial charge on any atom is 0 e. The number of hydrogen-bond acceptors (Lipinski definition) is 0. The third kappa shape index (κ3) is 17.7. The van der Waals surface area contributed by atoms with Crippen LogP contribution >= 0.6 is 31.7 Å². The van der Waals surface area contributed by atoms with Gasteiger partial charge in [-0.25, -0.2) is 0 Å². The summed E-state index contributed by atoms with van der Waals surface area (Å²) in [5.74, 6) is 0. The molecule has 0 spiro atoms. The number of aryl methyl sites for hydroxylation is 8. The van der Waals surface area contributed by atoms with E-state index in [1.165, 1.54) is 287 Å². The molecule has 570 valence electrons. The molecule has 0 heterocycles. The zero-order valence-electron chi connectivity index (χ0n) is 74.9. The molecule has 0 atom stereocenters. The van der Waals surface area contributed by atoms with Crippen molar-refractivity contribution in [1.82, 2.24) is 0 Å². The van der Waals surface area contributed by atoms with Gasteiger partial charge in [-0.15, -0.1) is 86.9 Å². The Labute approximate surface area is 776 Å². The molecule has 0 N–H and O–H groups in total. The Hall–Kier alpha value is -1.66. The molecule has 0 aliphatic rings. The van der Waals surface area contributed by atoms with Gasteiger partial charge in [0.25, 0.3) is 0 Å². The molecule has 0 fully saturated rings. The summed E-state index contributed by atoms with van der Waals surface area (Å²) in [5.41, 5.74) is 59.4. The Kier molecular flexibility index (Phi) is 33.7. The van der Waals surface area contributed by atoms with E-state index in [-0.39, 0.29) is 131 Å². The molecule has 10 aromatic rings. The van der Waals surface area contributed by atoms with Crippen LogP contribution in [0.25, 0.3) is 11.1 Å². The maximum absolute atomic E-state index is 4.26. The number of hydrogen-bond donors (Lipinski definition) is 0. The van der Waals surface area contributed by atoms with E-state index in [0.29, 0.717) is 0 Å². The van der Waals surface area contributed by atoms with Crippen LogP contribution in [-0.2, 0) is 155 Å². The fraction of sp³-hybridized carbons (Fsp3) is 0.412. The van der Waals surface area contributed by atoms with Gasteiger partial charge in [0.05, 0.1) is 0 Å². The van der Waals surface area contributed by atoms with Crippen molar-refractivity contribution in [2.45, 2.75) is 288 Å². The first-order valence-electron chi connectivity index (χ1n) is 38.7. The average Bonchev–Trinajstić information content (AvgIpc) is 0.724. The summed E-state index contributed by atoms with van der Waals surface area (Å²) in [4.78, 5) is 0. The molecular formula is C102H122P4Y4-8.